The first kappa shape index (κ1) is 29.4. The third-order valence-corrected chi connectivity index (χ3v) is 9.69. The lowest BCUT2D eigenvalue weighted by Crippen LogP contribution is -2.51. The topological polar surface area (TPSA) is 197 Å². The third-order valence-electron chi connectivity index (χ3n) is 9.69. The summed E-state index contributed by atoms with van der Waals surface area (Å²) in [6.07, 6.45) is 3.27. The molecule has 1 aromatic heterocycles. The molecule has 0 bridgehead atoms. The highest BCUT2D eigenvalue weighted by Gasteiger charge is 2.54. The molecule has 4 atom stereocenters. The van der Waals surface area contributed by atoms with Crippen LogP contribution in [0.15, 0.2) is 36.4 Å². The first-order chi connectivity index (χ1) is 20.9. The number of carbonyl (C=O) groups is 3. The minimum Gasteiger partial charge on any atom is -0.366 e. The van der Waals surface area contributed by atoms with Gasteiger partial charge in [-0.1, -0.05) is 38.1 Å². The quantitative estimate of drug-likeness (QED) is 0.302. The van der Waals surface area contributed by atoms with Gasteiger partial charge in [0.25, 0.3) is 0 Å². The van der Waals surface area contributed by atoms with Crippen LogP contribution in [0.2, 0.25) is 0 Å². The number of primary amides is 2. The molecule has 2 heterocycles. The zero-order chi connectivity index (χ0) is 31.4. The van der Waals surface area contributed by atoms with Crippen LogP contribution in [0.5, 0.6) is 0 Å². The van der Waals surface area contributed by atoms with Crippen molar-refractivity contribution in [3.8, 4) is 6.07 Å². The Hall–Kier alpha value is -4.63. The summed E-state index contributed by atoms with van der Waals surface area (Å²) in [5, 5.41) is 28.8. The Balaban J connectivity index is 1.47. The molecule has 3 amide bonds. The molecule has 0 unspecified atom stereocenters. The second kappa shape index (κ2) is 10.8. The van der Waals surface area contributed by atoms with Crippen LogP contribution in [0, 0.1) is 22.7 Å². The number of tetrazole rings is 1. The Morgan fingerprint density at radius 3 is 2.18 bits per heavy atom. The maximum atomic E-state index is 13.5. The van der Waals surface area contributed by atoms with E-state index in [1.54, 1.807) is 17.0 Å². The normalized spacial score (nSPS) is 22.1. The van der Waals surface area contributed by atoms with E-state index in [4.69, 9.17) is 11.5 Å². The van der Waals surface area contributed by atoms with E-state index in [-0.39, 0.29) is 36.0 Å². The van der Waals surface area contributed by atoms with Crippen LogP contribution in [0.25, 0.3) is 0 Å². The molecular formula is C32H37N9O3. The fraction of sp³-hybridized carbons (Fsp3) is 0.469. The summed E-state index contributed by atoms with van der Waals surface area (Å²) in [7, 11) is 0. The number of nitrogens with two attached hydrogens (primary N) is 2. The zero-order valence-corrected chi connectivity index (χ0v) is 25.1. The van der Waals surface area contributed by atoms with Gasteiger partial charge >= 0.3 is 0 Å². The van der Waals surface area contributed by atoms with E-state index >= 15 is 0 Å². The first-order valence-electron chi connectivity index (χ1n) is 15.0. The van der Waals surface area contributed by atoms with Gasteiger partial charge in [0.2, 0.25) is 17.7 Å². The van der Waals surface area contributed by atoms with E-state index < -0.39 is 17.2 Å². The molecule has 2 aromatic carbocycles. The Kier molecular flexibility index (Phi) is 7.24. The van der Waals surface area contributed by atoms with Crippen molar-refractivity contribution in [1.29, 1.82) is 5.26 Å². The summed E-state index contributed by atoms with van der Waals surface area (Å²) in [6, 6.07) is 12.7. The monoisotopic (exact) mass is 595 g/mol. The van der Waals surface area contributed by atoms with E-state index in [1.165, 1.54) is 0 Å². The van der Waals surface area contributed by atoms with E-state index in [0.717, 1.165) is 35.1 Å². The van der Waals surface area contributed by atoms with Crippen LogP contribution >= 0.6 is 0 Å². The molecule has 0 spiro atoms. The molecule has 3 aromatic rings. The predicted octanol–water partition coefficient (Wildman–Crippen LogP) is 1.74. The number of fused-ring (bicyclic) bond motifs is 3. The van der Waals surface area contributed by atoms with Gasteiger partial charge in [-0.15, -0.1) is 10.2 Å². The number of aromatic amines is 1. The minimum absolute atomic E-state index is 0.0760. The van der Waals surface area contributed by atoms with E-state index in [9.17, 15) is 19.6 Å². The summed E-state index contributed by atoms with van der Waals surface area (Å²) in [5.41, 5.74) is 14.4. The number of rotatable bonds is 8. The molecule has 2 fully saturated rings. The van der Waals surface area contributed by atoms with Crippen molar-refractivity contribution in [3.05, 3.63) is 75.6 Å². The standard InChI is InChI=1S/C32H37N9O3/c1-31(2,3)26(36-16-27(42)41-22(15-33)12-21-13-25(21)41)14-32(30-37-39-40-38-30)23-8-6-19(28(34)43)10-17(23)4-5-18-11-20(29(35)44)7-9-24(18)32/h6-11,21-22,25-26,36H,4-5,12-14,16H2,1-3H3,(H2,34,43)(H2,35,44)(H,37,38,39,40)/t21-,22+,25+,26+/m1/s1. The number of benzene rings is 2. The lowest BCUT2D eigenvalue weighted by atomic mass is 9.65. The summed E-state index contributed by atoms with van der Waals surface area (Å²) in [6.45, 7) is 6.39. The number of nitrogens with one attached hydrogen (secondary N) is 2. The Morgan fingerprint density at radius 2 is 1.68 bits per heavy atom. The van der Waals surface area contributed by atoms with Gasteiger partial charge in [0.1, 0.15) is 6.04 Å². The molecular weight excluding hydrogens is 558 g/mol. The molecule has 12 nitrogen and oxygen atoms in total. The highest BCUT2D eigenvalue weighted by Crippen LogP contribution is 2.49. The Labute approximate surface area is 255 Å². The van der Waals surface area contributed by atoms with Crippen molar-refractivity contribution in [2.75, 3.05) is 6.54 Å². The smallest absolute Gasteiger partial charge is 0.248 e. The molecule has 6 N–H and O–H groups in total. The number of amides is 3. The van der Waals surface area contributed by atoms with Crippen molar-refractivity contribution < 1.29 is 14.4 Å². The van der Waals surface area contributed by atoms with Crippen LogP contribution in [-0.2, 0) is 23.1 Å². The third kappa shape index (κ3) is 5.01. The average molecular weight is 596 g/mol. The molecule has 3 aliphatic rings. The number of piperidine rings is 1. The number of nitrogens with zero attached hydrogens (tertiary/aromatic N) is 5. The second-order valence-corrected chi connectivity index (χ2v) is 13.4. The maximum absolute atomic E-state index is 13.5. The largest absolute Gasteiger partial charge is 0.366 e. The summed E-state index contributed by atoms with van der Waals surface area (Å²) in [4.78, 5) is 39.7. The van der Waals surface area contributed by atoms with Gasteiger partial charge in [0, 0.05) is 23.2 Å². The number of likely N-dealkylation sites (tertiary alicyclic amines) is 1. The van der Waals surface area contributed by atoms with Crippen LogP contribution in [0.4, 0.5) is 0 Å². The van der Waals surface area contributed by atoms with Gasteiger partial charge < -0.3 is 21.7 Å². The van der Waals surface area contributed by atoms with Gasteiger partial charge in [-0.05, 0) is 90.0 Å². The van der Waals surface area contributed by atoms with Gasteiger partial charge in [-0.25, -0.2) is 0 Å². The number of H-pyrrole nitrogens is 1. The summed E-state index contributed by atoms with van der Waals surface area (Å²) in [5.74, 6) is -0.285. The van der Waals surface area contributed by atoms with Crippen LogP contribution in [0.1, 0.15) is 88.8 Å². The minimum atomic E-state index is -0.987. The lowest BCUT2D eigenvalue weighted by molar-refractivity contribution is -0.131. The molecule has 12 heteroatoms. The fourth-order valence-electron chi connectivity index (χ4n) is 7.27. The van der Waals surface area contributed by atoms with Crippen LogP contribution < -0.4 is 16.8 Å². The zero-order valence-electron chi connectivity index (χ0n) is 25.1. The van der Waals surface area contributed by atoms with Crippen molar-refractivity contribution >= 4 is 17.7 Å². The van der Waals surface area contributed by atoms with Crippen molar-refractivity contribution in [2.45, 2.75) is 76.4 Å². The van der Waals surface area contributed by atoms with Gasteiger partial charge in [-0.2, -0.15) is 10.5 Å². The molecule has 1 aliphatic heterocycles. The van der Waals surface area contributed by atoms with E-state index in [2.05, 4.69) is 52.8 Å². The molecule has 44 heavy (non-hydrogen) atoms. The number of hydrogen-bond acceptors (Lipinski definition) is 8. The van der Waals surface area contributed by atoms with Crippen molar-refractivity contribution in [3.63, 3.8) is 0 Å². The second-order valence-electron chi connectivity index (χ2n) is 13.4. The highest BCUT2D eigenvalue weighted by atomic mass is 16.2. The maximum Gasteiger partial charge on any atom is 0.248 e. The molecule has 228 valence electrons. The summed E-state index contributed by atoms with van der Waals surface area (Å²) >= 11 is 0. The molecule has 0 radical (unpaired) electrons. The Bertz CT molecular complexity index is 1610. The fourth-order valence-corrected chi connectivity index (χ4v) is 7.27. The first-order valence-corrected chi connectivity index (χ1v) is 15.0. The number of aryl methyl sites for hydroxylation is 2. The average Bonchev–Trinajstić information content (AvgIpc) is 3.37. The molecule has 1 saturated carbocycles. The van der Waals surface area contributed by atoms with Gasteiger partial charge in [0.15, 0.2) is 5.82 Å². The molecule has 2 aliphatic carbocycles. The van der Waals surface area contributed by atoms with E-state index in [1.807, 2.05) is 24.3 Å². The van der Waals surface area contributed by atoms with Gasteiger partial charge in [0.05, 0.1) is 18.0 Å². The van der Waals surface area contributed by atoms with Crippen molar-refractivity contribution in [1.82, 2.24) is 30.8 Å². The van der Waals surface area contributed by atoms with Crippen LogP contribution in [0.3, 0.4) is 0 Å². The Morgan fingerprint density at radius 1 is 1.07 bits per heavy atom. The van der Waals surface area contributed by atoms with Gasteiger partial charge in [-0.3, -0.25) is 14.4 Å². The van der Waals surface area contributed by atoms with Crippen molar-refractivity contribution in [2.24, 2.45) is 22.8 Å². The van der Waals surface area contributed by atoms with Crippen LogP contribution in [-0.4, -0.2) is 67.9 Å². The van der Waals surface area contributed by atoms with E-state index in [0.29, 0.717) is 42.1 Å². The highest BCUT2D eigenvalue weighted by molar-refractivity contribution is 5.94. The number of nitriles is 1. The number of aromatic nitrogens is 4. The predicted molar refractivity (Wildman–Crippen MR) is 160 cm³/mol. The lowest BCUT2D eigenvalue weighted by Gasteiger charge is -2.41. The number of hydrogen-bond donors (Lipinski definition) is 4. The number of carbonyl (C=O) groups excluding carboxylic acids is 3. The molecule has 6 rings (SSSR count). The molecule has 1 saturated heterocycles. The summed E-state index contributed by atoms with van der Waals surface area (Å²) < 4.78 is 0. The SMILES string of the molecule is CC(C)(C)[C@H](CC1(c2nn[nH]n2)c2ccc(C(N)=O)cc2CCc2cc(C(N)=O)ccc21)NCC(=O)N1[C@H](C#N)C[C@@H]2C[C@@H]21.